The van der Waals surface area contributed by atoms with Crippen molar-refractivity contribution in [1.82, 2.24) is 9.13 Å². The highest BCUT2D eigenvalue weighted by Gasteiger charge is 2.42. The molecule has 2 heterocycles. The lowest BCUT2D eigenvalue weighted by Crippen LogP contribution is -2.16. The van der Waals surface area contributed by atoms with Crippen LogP contribution in [0.4, 0.5) is 26.3 Å². The Hall–Kier alpha value is -13.2. The molecule has 410 valence electrons. The van der Waals surface area contributed by atoms with Gasteiger partial charge < -0.3 is 9.13 Å². The summed E-state index contributed by atoms with van der Waals surface area (Å²) >= 11 is 0. The van der Waals surface area contributed by atoms with Crippen LogP contribution in [0.25, 0.3) is 111 Å². The lowest BCUT2D eigenvalue weighted by molar-refractivity contribution is -0.142. The van der Waals surface area contributed by atoms with E-state index in [2.05, 4.69) is 54.6 Å². The maximum absolute atomic E-state index is 15.6. The Labute approximate surface area is 495 Å². The van der Waals surface area contributed by atoms with E-state index in [1.165, 1.54) is 34.9 Å². The molecule has 10 aromatic carbocycles. The van der Waals surface area contributed by atoms with Crippen LogP contribution in [0.2, 0.25) is 0 Å². The van der Waals surface area contributed by atoms with Gasteiger partial charge in [0.05, 0.1) is 138 Å². The summed E-state index contributed by atoms with van der Waals surface area (Å²) in [7, 11) is 0. The molecule has 0 spiro atoms. The van der Waals surface area contributed by atoms with Gasteiger partial charge in [0.15, 0.2) is 0 Å². The molecule has 17 heteroatoms. The number of hydrogen-bond acceptors (Lipinski definition) is 9. The van der Waals surface area contributed by atoms with E-state index in [0.29, 0.717) is 95.3 Å². The summed E-state index contributed by atoms with van der Waals surface area (Å²) in [4.78, 5) is 0. The highest BCUT2D eigenvalue weighted by atomic mass is 19.4. The molecular weight excluding hydrogens is 1120 g/mol. The summed E-state index contributed by atoms with van der Waals surface area (Å²) in [5.41, 5.74) is 0.133. The molecule has 0 unspecified atom stereocenters. The molecule has 0 radical (unpaired) electrons. The zero-order valence-corrected chi connectivity index (χ0v) is 44.9. The van der Waals surface area contributed by atoms with Gasteiger partial charge in [-0.3, -0.25) is 0 Å². The normalized spacial score (nSPS) is 11.2. The largest absolute Gasteiger partial charge is 0.417 e. The summed E-state index contributed by atoms with van der Waals surface area (Å²) in [6.07, 6.45) is -10.8. The summed E-state index contributed by atoms with van der Waals surface area (Å²) in [5.74, 6) is 0. The number of fused-ring (bicyclic) bond motifs is 6. The van der Waals surface area contributed by atoms with Crippen molar-refractivity contribution in [3.05, 3.63) is 237 Å². The molecule has 0 fully saturated rings. The average molecular weight is 1150 g/mol. The van der Waals surface area contributed by atoms with Crippen LogP contribution in [0, 0.1) is 102 Å². The molecule has 11 nitrogen and oxygen atoms in total. The number of rotatable bonds is 7. The van der Waals surface area contributed by atoms with E-state index in [9.17, 15) is 47.4 Å². The van der Waals surface area contributed by atoms with Gasteiger partial charge in [-0.2, -0.15) is 73.7 Å². The van der Waals surface area contributed by atoms with E-state index in [1.54, 1.807) is 126 Å². The molecule has 0 saturated heterocycles. The minimum Gasteiger partial charge on any atom is -0.308 e. The molecule has 0 aliphatic carbocycles. The van der Waals surface area contributed by atoms with Crippen molar-refractivity contribution in [2.45, 2.75) is 12.4 Å². The van der Waals surface area contributed by atoms with Crippen molar-refractivity contribution in [2.75, 3.05) is 0 Å². The van der Waals surface area contributed by atoms with Crippen molar-refractivity contribution >= 4 is 43.6 Å². The number of nitrogens with zero attached hydrogens (tertiary/aromatic N) is 11. The predicted octanol–water partition coefficient (Wildman–Crippen LogP) is 17.1. The summed E-state index contributed by atoms with van der Waals surface area (Å²) in [6.45, 7) is 0. The van der Waals surface area contributed by atoms with Gasteiger partial charge in [0.1, 0.15) is 11.6 Å². The first-order valence-corrected chi connectivity index (χ1v) is 26.3. The summed E-state index contributed by atoms with van der Waals surface area (Å²) < 4.78 is 96.9. The minimum absolute atomic E-state index is 0.00534. The average Bonchev–Trinajstić information content (AvgIpc) is 1.52. The second-order valence-electron chi connectivity index (χ2n) is 20.4. The van der Waals surface area contributed by atoms with Gasteiger partial charge in [0, 0.05) is 32.7 Å². The van der Waals surface area contributed by atoms with Gasteiger partial charge >= 0.3 is 12.4 Å². The topological polar surface area (TPSA) is 224 Å². The molecule has 0 amide bonds. The number of nitriles is 9. The number of halogens is 6. The summed E-state index contributed by atoms with van der Waals surface area (Å²) in [6, 6.07) is 61.1. The van der Waals surface area contributed by atoms with Crippen LogP contribution in [0.15, 0.2) is 176 Å². The Morgan fingerprint density at radius 2 is 0.568 bits per heavy atom. The maximum Gasteiger partial charge on any atom is 0.417 e. The first-order chi connectivity index (χ1) is 42.4. The fourth-order valence-electron chi connectivity index (χ4n) is 11.6. The third kappa shape index (κ3) is 9.40. The SMILES string of the molecule is N#Cc1cc(C#N)cc(-c2ccc3c(c2)c2cc(-c4cc(C#N)cc(C#N)c4)ccc2n3-c2ccc(-c3c(C(F)(F)F)cccc3C(F)(F)F)c(-n3c4ccc(-c5cc(C#N)cc(C#N)c5)cc4c4cc(-c5cc(C#N)cc(C#N)c5)ccc43)c2C#N)c1. The number of alkyl halides is 6. The van der Waals surface area contributed by atoms with E-state index in [1.807, 2.05) is 0 Å². The molecule has 0 N–H and O–H groups in total. The first kappa shape index (κ1) is 55.3. The molecule has 0 saturated carbocycles. The van der Waals surface area contributed by atoms with Crippen molar-refractivity contribution < 1.29 is 26.3 Å². The van der Waals surface area contributed by atoms with E-state index >= 15 is 26.3 Å². The van der Waals surface area contributed by atoms with E-state index in [-0.39, 0.29) is 61.2 Å². The highest BCUT2D eigenvalue weighted by molar-refractivity contribution is 6.14. The van der Waals surface area contributed by atoms with Crippen molar-refractivity contribution in [1.29, 1.82) is 47.4 Å². The third-order valence-corrected chi connectivity index (χ3v) is 15.3. The van der Waals surface area contributed by atoms with Gasteiger partial charge in [-0.25, -0.2) is 0 Å². The van der Waals surface area contributed by atoms with Crippen LogP contribution in [0.1, 0.15) is 61.2 Å². The first-order valence-electron chi connectivity index (χ1n) is 26.3. The zero-order chi connectivity index (χ0) is 61.9. The van der Waals surface area contributed by atoms with Crippen LogP contribution in [0.3, 0.4) is 0 Å². The van der Waals surface area contributed by atoms with E-state index in [4.69, 9.17) is 0 Å². The number of aromatic nitrogens is 2. The van der Waals surface area contributed by atoms with Gasteiger partial charge in [0.2, 0.25) is 0 Å². The predicted molar refractivity (Wildman–Crippen MR) is 315 cm³/mol. The Morgan fingerprint density at radius 1 is 0.284 bits per heavy atom. The Kier molecular flexibility index (Phi) is 13.3. The number of hydrogen-bond donors (Lipinski definition) is 0. The quantitative estimate of drug-likeness (QED) is 0.138. The smallest absolute Gasteiger partial charge is 0.308 e. The van der Waals surface area contributed by atoms with Gasteiger partial charge in [-0.05, 0) is 184 Å². The van der Waals surface area contributed by atoms with E-state index < -0.39 is 45.9 Å². The third-order valence-electron chi connectivity index (χ3n) is 15.3. The van der Waals surface area contributed by atoms with Crippen LogP contribution in [-0.2, 0) is 12.4 Å². The molecule has 12 aromatic rings. The highest BCUT2D eigenvalue weighted by Crippen LogP contribution is 2.50. The molecule has 88 heavy (non-hydrogen) atoms. The molecular formula is C71H29F6N11. The maximum atomic E-state index is 15.6. The van der Waals surface area contributed by atoms with Crippen molar-refractivity contribution in [3.8, 4) is 122 Å². The molecule has 12 rings (SSSR count). The molecule has 0 atom stereocenters. The lowest BCUT2D eigenvalue weighted by atomic mass is 9.90. The van der Waals surface area contributed by atoms with Gasteiger partial charge in [-0.1, -0.05) is 36.4 Å². The molecule has 0 aliphatic heterocycles. The molecule has 2 aromatic heterocycles. The van der Waals surface area contributed by atoms with Crippen molar-refractivity contribution in [2.24, 2.45) is 0 Å². The fourth-order valence-corrected chi connectivity index (χ4v) is 11.6. The molecule has 0 bridgehead atoms. The Bertz CT molecular complexity index is 5080. The fraction of sp³-hybridized carbons (Fsp3) is 0.0282. The van der Waals surface area contributed by atoms with Crippen LogP contribution in [0.5, 0.6) is 0 Å². The lowest BCUT2D eigenvalue weighted by Gasteiger charge is -2.24. The van der Waals surface area contributed by atoms with Crippen LogP contribution < -0.4 is 0 Å². The second-order valence-corrected chi connectivity index (χ2v) is 20.4. The number of benzene rings is 10. The van der Waals surface area contributed by atoms with E-state index in [0.717, 1.165) is 6.07 Å². The Balaban J connectivity index is 1.24. The monoisotopic (exact) mass is 1150 g/mol. The summed E-state index contributed by atoms with van der Waals surface area (Å²) in [5, 5.41) is 93.3. The zero-order valence-electron chi connectivity index (χ0n) is 44.9. The van der Waals surface area contributed by atoms with Gasteiger partial charge in [-0.15, -0.1) is 0 Å². The van der Waals surface area contributed by atoms with Crippen LogP contribution >= 0.6 is 0 Å². The standard InChI is InChI=1S/C71H29F6N11/c72-70(73,74)61-2-1-3-62(71(75,76)77)68(61)55-8-13-67(87-63-9-4-47(51-18-39(30-78)14-40(19-51)31-79)26-56(63)57-27-48(5-10-64(57)87)52-20-41(32-80)15-42(21-52)33-81)60(38-86)69(55)88-65-11-6-49(53-22-43(34-82)16-44(23-53)35-83)28-58(65)59-29-50(7-12-66(59)88)54-24-45(36-84)17-46(25-54)37-85/h1-29H. The van der Waals surface area contributed by atoms with Crippen LogP contribution in [-0.4, -0.2) is 9.13 Å². The van der Waals surface area contributed by atoms with Crippen molar-refractivity contribution in [3.63, 3.8) is 0 Å². The Morgan fingerprint density at radius 3 is 0.830 bits per heavy atom. The molecule has 0 aliphatic rings. The second kappa shape index (κ2) is 21.2. The minimum atomic E-state index is -5.39. The van der Waals surface area contributed by atoms with Gasteiger partial charge in [0.25, 0.3) is 0 Å².